The largest absolute Gasteiger partial charge is 0.388 e. The van der Waals surface area contributed by atoms with Crippen molar-refractivity contribution in [1.29, 1.82) is 0 Å². The molecule has 0 fully saturated rings. The molecule has 0 saturated heterocycles. The summed E-state index contributed by atoms with van der Waals surface area (Å²) in [5, 5.41) is 10.0. The van der Waals surface area contributed by atoms with E-state index in [9.17, 15) is 9.90 Å². The van der Waals surface area contributed by atoms with Gasteiger partial charge in [0.15, 0.2) is 5.78 Å². The van der Waals surface area contributed by atoms with Crippen LogP contribution in [0.1, 0.15) is 30.6 Å². The monoisotopic (exact) mass is 284 g/mol. The quantitative estimate of drug-likeness (QED) is 0.848. The minimum atomic E-state index is -0.776. The lowest BCUT2D eigenvalue weighted by Crippen LogP contribution is -2.22. The topological polar surface area (TPSA) is 46.5 Å². The Bertz CT molecular complexity index is 551. The Kier molecular flexibility index (Phi) is 5.67. The lowest BCUT2D eigenvalue weighted by Gasteiger charge is -2.15. The predicted octanol–water partition coefficient (Wildman–Crippen LogP) is 3.28. The smallest absolute Gasteiger partial charge is 0.164 e. The molecule has 0 radical (unpaired) electrons. The maximum atomic E-state index is 12.1. The van der Waals surface area contributed by atoms with Gasteiger partial charge in [-0.1, -0.05) is 60.7 Å². The summed E-state index contributed by atoms with van der Waals surface area (Å²) in [5.41, 5.74) is 1.78. The van der Waals surface area contributed by atoms with E-state index in [-0.39, 0.29) is 12.2 Å². The molecule has 0 spiro atoms. The van der Waals surface area contributed by atoms with Crippen molar-refractivity contribution in [2.45, 2.75) is 32.2 Å². The number of rotatable bonds is 7. The van der Waals surface area contributed by atoms with Crippen molar-refractivity contribution in [2.75, 3.05) is 0 Å². The lowest BCUT2D eigenvalue weighted by atomic mass is 10.0. The molecule has 0 saturated carbocycles. The molecule has 2 atom stereocenters. The number of Topliss-reactive ketones (excluding diaryl/α,β-unsaturated/α-hetero) is 1. The van der Waals surface area contributed by atoms with Crippen LogP contribution in [0.4, 0.5) is 0 Å². The van der Waals surface area contributed by atoms with E-state index in [2.05, 4.69) is 0 Å². The van der Waals surface area contributed by atoms with E-state index in [1.807, 2.05) is 60.7 Å². The molecule has 2 aromatic carbocycles. The number of carbonyl (C=O) groups is 1. The average molecular weight is 284 g/mol. The Morgan fingerprint density at radius 3 is 2.24 bits per heavy atom. The van der Waals surface area contributed by atoms with Gasteiger partial charge < -0.3 is 9.84 Å². The van der Waals surface area contributed by atoms with Crippen LogP contribution in [0.25, 0.3) is 0 Å². The summed E-state index contributed by atoms with van der Waals surface area (Å²) < 4.78 is 5.57. The van der Waals surface area contributed by atoms with Gasteiger partial charge in [0.25, 0.3) is 0 Å². The Hall–Kier alpha value is -1.97. The molecule has 110 valence electrons. The maximum absolute atomic E-state index is 12.1. The van der Waals surface area contributed by atoms with Crippen LogP contribution in [0, 0.1) is 0 Å². The normalized spacial score (nSPS) is 13.6. The van der Waals surface area contributed by atoms with Crippen LogP contribution >= 0.6 is 0 Å². The number of ether oxygens (including phenoxy) is 1. The number of hydrogen-bond donors (Lipinski definition) is 1. The molecule has 0 aromatic heterocycles. The predicted molar refractivity (Wildman–Crippen MR) is 81.7 cm³/mol. The van der Waals surface area contributed by atoms with E-state index in [0.29, 0.717) is 6.61 Å². The van der Waals surface area contributed by atoms with Gasteiger partial charge in [0.2, 0.25) is 0 Å². The second kappa shape index (κ2) is 7.72. The summed E-state index contributed by atoms with van der Waals surface area (Å²) >= 11 is 0. The fraction of sp³-hybridized carbons (Fsp3) is 0.278. The SMILES string of the molecule is C[C@H](OCc1ccccc1)C(=O)C[C@@H](O)c1ccccc1. The van der Waals surface area contributed by atoms with E-state index < -0.39 is 12.2 Å². The third-order valence-corrected chi connectivity index (χ3v) is 3.38. The van der Waals surface area contributed by atoms with Gasteiger partial charge in [0, 0.05) is 6.42 Å². The number of aliphatic hydroxyl groups excluding tert-OH is 1. The summed E-state index contributed by atoms with van der Waals surface area (Å²) in [6, 6.07) is 18.9. The van der Waals surface area contributed by atoms with Crippen molar-refractivity contribution in [3.8, 4) is 0 Å². The van der Waals surface area contributed by atoms with Crippen LogP contribution in [0.3, 0.4) is 0 Å². The average Bonchev–Trinajstić information content (AvgIpc) is 2.54. The molecular formula is C18H20O3. The first-order chi connectivity index (χ1) is 10.2. The number of ketones is 1. The van der Waals surface area contributed by atoms with Crippen molar-refractivity contribution in [1.82, 2.24) is 0 Å². The minimum Gasteiger partial charge on any atom is -0.388 e. The lowest BCUT2D eigenvalue weighted by molar-refractivity contribution is -0.132. The van der Waals surface area contributed by atoms with Gasteiger partial charge in [-0.3, -0.25) is 4.79 Å². The summed E-state index contributed by atoms with van der Waals surface area (Å²) in [4.78, 5) is 12.1. The second-order valence-corrected chi connectivity index (χ2v) is 5.04. The van der Waals surface area contributed by atoms with Gasteiger partial charge in [-0.05, 0) is 18.1 Å². The summed E-state index contributed by atoms with van der Waals surface area (Å²) in [6.07, 6.45) is -1.23. The Balaban J connectivity index is 1.82. The molecule has 0 unspecified atom stereocenters. The Labute approximate surface area is 125 Å². The first kappa shape index (κ1) is 15.4. The highest BCUT2D eigenvalue weighted by Crippen LogP contribution is 2.18. The third-order valence-electron chi connectivity index (χ3n) is 3.38. The highest BCUT2D eigenvalue weighted by atomic mass is 16.5. The summed E-state index contributed by atoms with van der Waals surface area (Å²) in [7, 11) is 0. The molecule has 0 heterocycles. The summed E-state index contributed by atoms with van der Waals surface area (Å²) in [6.45, 7) is 2.12. The zero-order valence-corrected chi connectivity index (χ0v) is 12.1. The first-order valence-electron chi connectivity index (χ1n) is 7.08. The van der Waals surface area contributed by atoms with Crippen LogP contribution in [0.15, 0.2) is 60.7 Å². The van der Waals surface area contributed by atoms with Gasteiger partial charge in [0.1, 0.15) is 6.10 Å². The van der Waals surface area contributed by atoms with E-state index >= 15 is 0 Å². The van der Waals surface area contributed by atoms with Crippen molar-refractivity contribution < 1.29 is 14.6 Å². The van der Waals surface area contributed by atoms with Crippen LogP contribution in [-0.4, -0.2) is 17.0 Å². The summed E-state index contributed by atoms with van der Waals surface area (Å²) in [5.74, 6) is -0.0951. The molecule has 21 heavy (non-hydrogen) atoms. The van der Waals surface area contributed by atoms with Gasteiger partial charge in [-0.2, -0.15) is 0 Å². The van der Waals surface area contributed by atoms with Gasteiger partial charge in [0.05, 0.1) is 12.7 Å². The minimum absolute atomic E-state index is 0.0694. The Morgan fingerprint density at radius 1 is 1.05 bits per heavy atom. The molecule has 2 rings (SSSR count). The molecule has 1 N–H and O–H groups in total. The molecule has 0 amide bonds. The zero-order valence-electron chi connectivity index (χ0n) is 12.1. The highest BCUT2D eigenvalue weighted by molar-refractivity contribution is 5.83. The second-order valence-electron chi connectivity index (χ2n) is 5.04. The number of hydrogen-bond acceptors (Lipinski definition) is 3. The fourth-order valence-corrected chi connectivity index (χ4v) is 2.04. The molecule has 2 aromatic rings. The number of carbonyl (C=O) groups excluding carboxylic acids is 1. The molecule has 3 nitrogen and oxygen atoms in total. The molecule has 0 bridgehead atoms. The molecule has 0 aliphatic rings. The van der Waals surface area contributed by atoms with Crippen LogP contribution in [0.5, 0.6) is 0 Å². The molecular weight excluding hydrogens is 264 g/mol. The van der Waals surface area contributed by atoms with Gasteiger partial charge in [-0.25, -0.2) is 0 Å². The van der Waals surface area contributed by atoms with Crippen LogP contribution in [-0.2, 0) is 16.1 Å². The molecule has 0 aliphatic carbocycles. The van der Waals surface area contributed by atoms with Gasteiger partial charge in [-0.15, -0.1) is 0 Å². The van der Waals surface area contributed by atoms with Crippen LogP contribution in [0.2, 0.25) is 0 Å². The van der Waals surface area contributed by atoms with E-state index in [1.54, 1.807) is 6.92 Å². The molecule has 0 aliphatic heterocycles. The van der Waals surface area contributed by atoms with Crippen LogP contribution < -0.4 is 0 Å². The van der Waals surface area contributed by atoms with Gasteiger partial charge >= 0.3 is 0 Å². The van der Waals surface area contributed by atoms with E-state index in [0.717, 1.165) is 11.1 Å². The Morgan fingerprint density at radius 2 is 1.62 bits per heavy atom. The first-order valence-corrected chi connectivity index (χ1v) is 7.08. The van der Waals surface area contributed by atoms with Crippen molar-refractivity contribution in [3.63, 3.8) is 0 Å². The van der Waals surface area contributed by atoms with Crippen molar-refractivity contribution in [3.05, 3.63) is 71.8 Å². The van der Waals surface area contributed by atoms with E-state index in [1.165, 1.54) is 0 Å². The number of benzene rings is 2. The van der Waals surface area contributed by atoms with Crippen molar-refractivity contribution in [2.24, 2.45) is 0 Å². The standard InChI is InChI=1S/C18H20O3/c1-14(21-13-15-8-4-2-5-9-15)17(19)12-18(20)16-10-6-3-7-11-16/h2-11,14,18,20H,12-13H2,1H3/t14-,18+/m0/s1. The maximum Gasteiger partial charge on any atom is 0.164 e. The van der Waals surface area contributed by atoms with Crippen molar-refractivity contribution >= 4 is 5.78 Å². The third kappa shape index (κ3) is 4.81. The zero-order chi connectivity index (χ0) is 15.1. The number of aliphatic hydroxyl groups is 1. The molecule has 3 heteroatoms. The van der Waals surface area contributed by atoms with E-state index in [4.69, 9.17) is 4.74 Å². The highest BCUT2D eigenvalue weighted by Gasteiger charge is 2.18. The fourth-order valence-electron chi connectivity index (χ4n) is 2.04.